The molecule has 3 aliphatic rings. The third-order valence-corrected chi connectivity index (χ3v) is 9.66. The van der Waals surface area contributed by atoms with Gasteiger partial charge in [-0.05, 0) is 88.0 Å². The number of carbonyl (C=O) groups excluding carboxylic acids is 3. The third kappa shape index (κ3) is 7.33. The molecule has 7 unspecified atom stereocenters. The van der Waals surface area contributed by atoms with Crippen LogP contribution in [0.4, 0.5) is 10.5 Å². The first kappa shape index (κ1) is 31.5. The van der Waals surface area contributed by atoms with E-state index in [9.17, 15) is 23.1 Å². The van der Waals surface area contributed by atoms with Crippen molar-refractivity contribution < 1.29 is 37.4 Å². The van der Waals surface area contributed by atoms with E-state index in [0.29, 0.717) is 43.2 Å². The molecule has 7 atom stereocenters. The molecule has 1 aromatic rings. The molecule has 1 aliphatic carbocycles. The van der Waals surface area contributed by atoms with E-state index >= 15 is 0 Å². The predicted molar refractivity (Wildman–Crippen MR) is 154 cm³/mol. The molecular formula is C28H40ClN3O8S. The third-order valence-electron chi connectivity index (χ3n) is 8.56. The van der Waals surface area contributed by atoms with E-state index in [-0.39, 0.29) is 43.0 Å². The fraction of sp³-hybridized carbons (Fsp3) is 0.679. The summed E-state index contributed by atoms with van der Waals surface area (Å²) in [6, 6.07) is 5.12. The summed E-state index contributed by atoms with van der Waals surface area (Å²) in [5.74, 6) is -0.0257. The number of likely N-dealkylation sites (tertiary alicyclic amines) is 2. The van der Waals surface area contributed by atoms with Crippen LogP contribution in [0, 0.1) is 17.8 Å². The summed E-state index contributed by atoms with van der Waals surface area (Å²) in [7, 11) is 1.32. The predicted octanol–water partition coefficient (Wildman–Crippen LogP) is 3.73. The number of benzene rings is 1. The van der Waals surface area contributed by atoms with Gasteiger partial charge >= 0.3 is 18.0 Å². The number of carbonyl (C=O) groups is 3. The average Bonchev–Trinajstić information content (AvgIpc) is 3.36. The maximum Gasteiger partial charge on any atom is 0.410 e. The maximum absolute atomic E-state index is 13.0. The lowest BCUT2D eigenvalue weighted by atomic mass is 9.69. The molecule has 1 aromatic carbocycles. The largest absolute Gasteiger partial charge is 0.465 e. The minimum absolute atomic E-state index is 0.221. The zero-order valence-electron chi connectivity index (χ0n) is 23.8. The Morgan fingerprint density at radius 1 is 0.976 bits per heavy atom. The summed E-state index contributed by atoms with van der Waals surface area (Å²) < 4.78 is 39.7. The number of amides is 1. The molecule has 0 bridgehead atoms. The fourth-order valence-electron chi connectivity index (χ4n) is 6.78. The molecule has 0 radical (unpaired) electrons. The Hall–Kier alpha value is -2.41. The van der Waals surface area contributed by atoms with Crippen molar-refractivity contribution >= 4 is 46.6 Å². The first-order valence-corrected chi connectivity index (χ1v) is 15.7. The molecular weight excluding hydrogens is 574 g/mol. The highest BCUT2D eigenvalue weighted by molar-refractivity contribution is 7.80. The highest BCUT2D eigenvalue weighted by atomic mass is 35.5. The highest BCUT2D eigenvalue weighted by Crippen LogP contribution is 2.42. The summed E-state index contributed by atoms with van der Waals surface area (Å²) in [6.07, 6.45) is 2.98. The minimum atomic E-state index is -2.30. The topological polar surface area (TPSA) is 126 Å². The smallest absolute Gasteiger partial charge is 0.410 e. The molecule has 3 fully saturated rings. The van der Waals surface area contributed by atoms with Crippen molar-refractivity contribution in [1.82, 2.24) is 9.80 Å². The van der Waals surface area contributed by atoms with Crippen LogP contribution in [0.1, 0.15) is 46.0 Å². The molecule has 228 valence electrons. The first-order chi connectivity index (χ1) is 19.7. The van der Waals surface area contributed by atoms with Crippen molar-refractivity contribution in [3.05, 3.63) is 29.3 Å². The number of nitrogens with zero attached hydrogens (tertiary/aromatic N) is 3. The van der Waals surface area contributed by atoms with Gasteiger partial charge in [-0.1, -0.05) is 11.6 Å². The minimum Gasteiger partial charge on any atom is -0.465 e. The fourth-order valence-corrected chi connectivity index (χ4v) is 7.61. The number of esters is 2. The molecule has 4 rings (SSSR count). The van der Waals surface area contributed by atoms with Crippen LogP contribution in [0.3, 0.4) is 0 Å². The molecule has 13 heteroatoms. The van der Waals surface area contributed by atoms with Crippen LogP contribution in [-0.2, 0) is 35.1 Å². The van der Waals surface area contributed by atoms with Crippen molar-refractivity contribution in [2.24, 2.45) is 17.8 Å². The number of hydrogen-bond acceptors (Lipinski definition) is 8. The Morgan fingerprint density at radius 2 is 1.63 bits per heavy atom. The van der Waals surface area contributed by atoms with Gasteiger partial charge in [0.1, 0.15) is 12.1 Å². The van der Waals surface area contributed by atoms with Crippen LogP contribution in [0.25, 0.3) is 0 Å². The number of methoxy groups -OCH3 is 1. The summed E-state index contributed by atoms with van der Waals surface area (Å²) in [5, 5.41) is 0.521. The zero-order valence-corrected chi connectivity index (χ0v) is 25.3. The molecule has 1 saturated carbocycles. The van der Waals surface area contributed by atoms with Gasteiger partial charge in [0, 0.05) is 24.7 Å². The molecule has 0 spiro atoms. The van der Waals surface area contributed by atoms with Crippen LogP contribution in [0.5, 0.6) is 0 Å². The number of hydrogen-bond donors (Lipinski definition) is 1. The number of halogens is 1. The van der Waals surface area contributed by atoms with Gasteiger partial charge in [-0.2, -0.15) is 0 Å². The second-order valence-corrected chi connectivity index (χ2v) is 12.3. The lowest BCUT2D eigenvalue weighted by molar-refractivity contribution is -0.153. The van der Waals surface area contributed by atoms with E-state index in [2.05, 4.69) is 4.90 Å². The molecule has 1 N–H and O–H groups in total. The van der Waals surface area contributed by atoms with Gasteiger partial charge in [0.2, 0.25) is 0 Å². The number of piperidine rings is 1. The molecule has 41 heavy (non-hydrogen) atoms. The van der Waals surface area contributed by atoms with Crippen LogP contribution in [0.2, 0.25) is 5.02 Å². The summed E-state index contributed by atoms with van der Waals surface area (Å²) >= 11 is 3.73. The number of ether oxygens (including phenoxy) is 3. The zero-order chi connectivity index (χ0) is 29.7. The van der Waals surface area contributed by atoms with Crippen molar-refractivity contribution in [2.75, 3.05) is 44.3 Å². The monoisotopic (exact) mass is 613 g/mol. The van der Waals surface area contributed by atoms with Crippen LogP contribution < -0.4 is 4.31 Å². The highest BCUT2D eigenvalue weighted by Gasteiger charge is 2.47. The second kappa shape index (κ2) is 14.2. The summed E-state index contributed by atoms with van der Waals surface area (Å²) in [6.45, 7) is 5.48. The Morgan fingerprint density at radius 3 is 2.24 bits per heavy atom. The second-order valence-electron chi connectivity index (χ2n) is 11.0. The molecule has 2 saturated heterocycles. The van der Waals surface area contributed by atoms with Crippen LogP contribution in [-0.4, -0.2) is 94.7 Å². The van der Waals surface area contributed by atoms with Gasteiger partial charge in [-0.3, -0.25) is 23.5 Å². The van der Waals surface area contributed by atoms with Gasteiger partial charge in [-0.25, -0.2) is 13.8 Å². The van der Waals surface area contributed by atoms with E-state index in [1.807, 2.05) is 0 Å². The summed E-state index contributed by atoms with van der Waals surface area (Å²) in [4.78, 5) is 41.8. The molecule has 0 aromatic heterocycles. The number of rotatable bonds is 9. The van der Waals surface area contributed by atoms with Gasteiger partial charge in [0.25, 0.3) is 11.3 Å². The van der Waals surface area contributed by atoms with Gasteiger partial charge in [-0.15, -0.1) is 0 Å². The van der Waals surface area contributed by atoms with E-state index in [1.54, 1.807) is 38.1 Å². The van der Waals surface area contributed by atoms with Crippen molar-refractivity contribution in [3.8, 4) is 0 Å². The Labute approximate surface area is 248 Å². The Bertz CT molecular complexity index is 1110. The van der Waals surface area contributed by atoms with E-state index in [1.165, 1.54) is 16.3 Å². The van der Waals surface area contributed by atoms with Gasteiger partial charge < -0.3 is 14.2 Å². The van der Waals surface area contributed by atoms with Crippen molar-refractivity contribution in [3.63, 3.8) is 0 Å². The molecule has 11 nitrogen and oxygen atoms in total. The normalized spacial score (nSPS) is 28.9. The lowest BCUT2D eigenvalue weighted by Gasteiger charge is -2.46. The van der Waals surface area contributed by atoms with Crippen LogP contribution >= 0.6 is 11.6 Å². The van der Waals surface area contributed by atoms with E-state index < -0.39 is 35.4 Å². The summed E-state index contributed by atoms with van der Waals surface area (Å²) in [5.41, 5.74) is 0.549. The Kier molecular flexibility index (Phi) is 10.9. The van der Waals surface area contributed by atoms with Crippen molar-refractivity contribution in [2.45, 2.75) is 64.1 Å². The van der Waals surface area contributed by atoms with Crippen molar-refractivity contribution in [1.29, 1.82) is 0 Å². The maximum atomic E-state index is 13.0. The van der Waals surface area contributed by atoms with Crippen LogP contribution in [0.15, 0.2) is 24.3 Å². The molecule has 2 aliphatic heterocycles. The number of anilines is 1. The van der Waals surface area contributed by atoms with Gasteiger partial charge in [0.15, 0.2) is 0 Å². The SMILES string of the molecule is CCOC(=O)C1CC(N(c2ccc(Cl)cc2)S(=O)O)CN1CC1CCC2CN(C(=O)OC)C(C(=O)OCC)CC2C1. The first-order valence-electron chi connectivity index (χ1n) is 14.2. The standard InChI is InChI=1S/C28H40ClN3O8S/c1-4-39-26(33)24-14-23(32(41(36)37)22-10-8-21(29)9-11-22)17-30(24)15-18-6-7-19-16-31(28(35)38-3)25(13-20(19)12-18)27(34)40-5-2/h8-11,18-20,23-25H,4-7,12-17H2,1-3H3,(H,36,37). The lowest BCUT2D eigenvalue weighted by Crippen LogP contribution is -2.55. The molecule has 2 heterocycles. The Balaban J connectivity index is 1.48. The van der Waals surface area contributed by atoms with Gasteiger partial charge in [0.05, 0.1) is 32.1 Å². The average molecular weight is 614 g/mol. The van der Waals surface area contributed by atoms with E-state index in [0.717, 1.165) is 19.3 Å². The molecule has 1 amide bonds. The van der Waals surface area contributed by atoms with E-state index in [4.69, 9.17) is 25.8 Å². The number of fused-ring (bicyclic) bond motifs is 1. The quantitative estimate of drug-likeness (QED) is 0.252.